The second-order valence-electron chi connectivity index (χ2n) is 4.58. The molecule has 0 atom stereocenters. The summed E-state index contributed by atoms with van der Waals surface area (Å²) in [5, 5.41) is 10.3. The van der Waals surface area contributed by atoms with Gasteiger partial charge >= 0.3 is 0 Å². The lowest BCUT2D eigenvalue weighted by molar-refractivity contribution is 1.09. The van der Waals surface area contributed by atoms with Gasteiger partial charge in [-0.3, -0.25) is 4.79 Å². The normalized spacial score (nSPS) is 12.3. The van der Waals surface area contributed by atoms with Crippen molar-refractivity contribution in [1.82, 2.24) is 14.6 Å². The van der Waals surface area contributed by atoms with E-state index in [0.717, 1.165) is 14.9 Å². The van der Waals surface area contributed by atoms with Gasteiger partial charge in [0.15, 0.2) is 5.82 Å². The van der Waals surface area contributed by atoms with E-state index in [-0.39, 0.29) is 5.56 Å². The first-order valence-corrected chi connectivity index (χ1v) is 8.90. The molecule has 1 aromatic carbocycles. The molecule has 0 aliphatic rings. The van der Waals surface area contributed by atoms with Crippen LogP contribution in [0, 0.1) is 0 Å². The standard InChI is InChI=1S/C15H8BrN3OS2/c16-10-5-3-9(4-6-10)13-17-18-15-19(13)14(20)12(22-15)8-11-2-1-7-21-11/h1-8H/b12-8-. The zero-order valence-electron chi connectivity index (χ0n) is 11.1. The Morgan fingerprint density at radius 3 is 2.68 bits per heavy atom. The van der Waals surface area contributed by atoms with Crippen molar-refractivity contribution in [3.63, 3.8) is 0 Å². The van der Waals surface area contributed by atoms with Crippen molar-refractivity contribution in [2.75, 3.05) is 0 Å². The zero-order valence-corrected chi connectivity index (χ0v) is 14.3. The van der Waals surface area contributed by atoms with Crippen LogP contribution in [0.3, 0.4) is 0 Å². The van der Waals surface area contributed by atoms with Crippen LogP contribution in [-0.4, -0.2) is 14.6 Å². The lowest BCUT2D eigenvalue weighted by Crippen LogP contribution is -2.23. The van der Waals surface area contributed by atoms with Gasteiger partial charge in [0.25, 0.3) is 5.56 Å². The highest BCUT2D eigenvalue weighted by molar-refractivity contribution is 9.10. The summed E-state index contributed by atoms with van der Waals surface area (Å²) >= 11 is 6.37. The Kier molecular flexibility index (Phi) is 3.40. The van der Waals surface area contributed by atoms with Crippen LogP contribution >= 0.6 is 38.6 Å². The number of aromatic nitrogens is 3. The molecule has 0 aliphatic carbocycles. The molecule has 3 aromatic heterocycles. The van der Waals surface area contributed by atoms with Gasteiger partial charge in [0.2, 0.25) is 4.96 Å². The third-order valence-corrected chi connectivity index (χ3v) is 5.47. The van der Waals surface area contributed by atoms with Crippen LogP contribution in [0.15, 0.2) is 51.0 Å². The molecule has 0 radical (unpaired) electrons. The molecule has 0 N–H and O–H groups in total. The van der Waals surface area contributed by atoms with E-state index in [1.54, 1.807) is 15.7 Å². The maximum absolute atomic E-state index is 12.6. The Balaban J connectivity index is 1.94. The number of thiophene rings is 1. The summed E-state index contributed by atoms with van der Waals surface area (Å²) < 4.78 is 3.23. The molecule has 0 fully saturated rings. The quantitative estimate of drug-likeness (QED) is 0.528. The van der Waals surface area contributed by atoms with Crippen LogP contribution in [0.25, 0.3) is 22.4 Å². The van der Waals surface area contributed by atoms with Crippen molar-refractivity contribution in [3.05, 3.63) is 66.0 Å². The van der Waals surface area contributed by atoms with E-state index in [1.807, 2.05) is 47.9 Å². The Hall–Kier alpha value is -1.83. The Labute approximate surface area is 141 Å². The first kappa shape index (κ1) is 13.8. The molecule has 4 nitrogen and oxygen atoms in total. The maximum Gasteiger partial charge on any atom is 0.276 e. The van der Waals surface area contributed by atoms with Crippen LogP contribution in [0.5, 0.6) is 0 Å². The van der Waals surface area contributed by atoms with Crippen molar-refractivity contribution < 1.29 is 0 Å². The monoisotopic (exact) mass is 389 g/mol. The van der Waals surface area contributed by atoms with E-state index in [0.29, 0.717) is 15.3 Å². The SMILES string of the molecule is O=c1/c(=C/c2cccs2)sc2nnc(-c3ccc(Br)cc3)n12. The minimum absolute atomic E-state index is 0.0729. The van der Waals surface area contributed by atoms with Crippen molar-refractivity contribution in [2.24, 2.45) is 0 Å². The van der Waals surface area contributed by atoms with Crippen LogP contribution in [-0.2, 0) is 0 Å². The van der Waals surface area contributed by atoms with Gasteiger partial charge in [-0.1, -0.05) is 45.5 Å². The summed E-state index contributed by atoms with van der Waals surface area (Å²) in [7, 11) is 0. The van der Waals surface area contributed by atoms with Gasteiger partial charge in [0.05, 0.1) is 4.53 Å². The molecular formula is C15H8BrN3OS2. The topological polar surface area (TPSA) is 47.3 Å². The molecule has 108 valence electrons. The number of hydrogen-bond acceptors (Lipinski definition) is 5. The Morgan fingerprint density at radius 1 is 1.14 bits per heavy atom. The minimum Gasteiger partial charge on any atom is -0.267 e. The average molecular weight is 390 g/mol. The molecule has 0 saturated heterocycles. The summed E-state index contributed by atoms with van der Waals surface area (Å²) in [6.45, 7) is 0. The molecule has 4 aromatic rings. The predicted molar refractivity (Wildman–Crippen MR) is 93.4 cm³/mol. The third kappa shape index (κ3) is 2.31. The van der Waals surface area contributed by atoms with Gasteiger partial charge < -0.3 is 0 Å². The van der Waals surface area contributed by atoms with E-state index in [4.69, 9.17) is 0 Å². The van der Waals surface area contributed by atoms with Gasteiger partial charge in [-0.05, 0) is 29.7 Å². The van der Waals surface area contributed by atoms with Crippen LogP contribution < -0.4 is 10.1 Å². The molecular weight excluding hydrogens is 382 g/mol. The van der Waals surface area contributed by atoms with Gasteiger partial charge in [0, 0.05) is 14.9 Å². The molecule has 7 heteroatoms. The minimum atomic E-state index is -0.0729. The van der Waals surface area contributed by atoms with E-state index in [2.05, 4.69) is 26.1 Å². The lowest BCUT2D eigenvalue weighted by atomic mass is 10.2. The second kappa shape index (κ2) is 5.42. The third-order valence-electron chi connectivity index (χ3n) is 3.17. The molecule has 22 heavy (non-hydrogen) atoms. The fourth-order valence-corrected chi connectivity index (χ4v) is 4.05. The highest BCUT2D eigenvalue weighted by atomic mass is 79.9. The first-order valence-electron chi connectivity index (χ1n) is 6.41. The number of hydrogen-bond donors (Lipinski definition) is 0. The van der Waals surface area contributed by atoms with E-state index >= 15 is 0 Å². The number of halogens is 1. The van der Waals surface area contributed by atoms with Crippen molar-refractivity contribution >= 4 is 49.6 Å². The van der Waals surface area contributed by atoms with Crippen molar-refractivity contribution in [3.8, 4) is 11.4 Å². The van der Waals surface area contributed by atoms with Crippen molar-refractivity contribution in [1.29, 1.82) is 0 Å². The highest BCUT2D eigenvalue weighted by Gasteiger charge is 2.13. The van der Waals surface area contributed by atoms with E-state index in [9.17, 15) is 4.79 Å². The van der Waals surface area contributed by atoms with E-state index in [1.165, 1.54) is 11.3 Å². The number of nitrogens with zero attached hydrogens (tertiary/aromatic N) is 3. The summed E-state index contributed by atoms with van der Waals surface area (Å²) in [6, 6.07) is 11.6. The fourth-order valence-electron chi connectivity index (χ4n) is 2.15. The zero-order chi connectivity index (χ0) is 15.1. The molecule has 0 amide bonds. The first-order chi connectivity index (χ1) is 10.7. The van der Waals surface area contributed by atoms with Gasteiger partial charge in [0.1, 0.15) is 0 Å². The lowest BCUT2D eigenvalue weighted by Gasteiger charge is -1.96. The van der Waals surface area contributed by atoms with Gasteiger partial charge in [-0.2, -0.15) is 0 Å². The highest BCUT2D eigenvalue weighted by Crippen LogP contribution is 2.20. The largest absolute Gasteiger partial charge is 0.276 e. The summed E-state index contributed by atoms with van der Waals surface area (Å²) in [4.78, 5) is 14.3. The van der Waals surface area contributed by atoms with Gasteiger partial charge in [-0.25, -0.2) is 4.40 Å². The molecule has 3 heterocycles. The Bertz CT molecular complexity index is 1050. The Morgan fingerprint density at radius 2 is 1.95 bits per heavy atom. The molecule has 0 bridgehead atoms. The van der Waals surface area contributed by atoms with Gasteiger partial charge in [-0.15, -0.1) is 21.5 Å². The molecule has 0 spiro atoms. The van der Waals surface area contributed by atoms with Crippen molar-refractivity contribution in [2.45, 2.75) is 0 Å². The second-order valence-corrected chi connectivity index (χ2v) is 7.48. The van der Waals surface area contributed by atoms with Crippen LogP contribution in [0.4, 0.5) is 0 Å². The molecule has 4 rings (SSSR count). The predicted octanol–water partition coefficient (Wildman–Crippen LogP) is 3.19. The van der Waals surface area contributed by atoms with Crippen LogP contribution in [0.2, 0.25) is 0 Å². The van der Waals surface area contributed by atoms with Crippen LogP contribution in [0.1, 0.15) is 4.88 Å². The fraction of sp³-hybridized carbons (Fsp3) is 0. The number of fused-ring (bicyclic) bond motifs is 1. The number of rotatable bonds is 2. The summed E-state index contributed by atoms with van der Waals surface area (Å²) in [5.41, 5.74) is 0.796. The average Bonchev–Trinajstić information content (AvgIpc) is 3.21. The molecule has 0 unspecified atom stereocenters. The maximum atomic E-state index is 12.6. The molecule has 0 saturated carbocycles. The van der Waals surface area contributed by atoms with E-state index < -0.39 is 0 Å². The summed E-state index contributed by atoms with van der Waals surface area (Å²) in [5.74, 6) is 0.578. The molecule has 0 aliphatic heterocycles. The summed E-state index contributed by atoms with van der Waals surface area (Å²) in [6.07, 6.45) is 1.90. The number of benzene rings is 1. The smallest absolute Gasteiger partial charge is 0.267 e. The number of thiazole rings is 1.